The average molecular weight is 355 g/mol. The maximum Gasteiger partial charge on any atom is 0.147 e. The molecule has 1 saturated heterocycles. The predicted molar refractivity (Wildman–Crippen MR) is 100 cm³/mol. The summed E-state index contributed by atoms with van der Waals surface area (Å²) in [5, 5.41) is 4.19. The van der Waals surface area contributed by atoms with Crippen LogP contribution >= 0.6 is 11.6 Å². The third-order valence-electron chi connectivity index (χ3n) is 4.39. The Morgan fingerprint density at radius 2 is 2.08 bits per heavy atom. The number of halogens is 1. The van der Waals surface area contributed by atoms with E-state index in [0.717, 1.165) is 54.3 Å². The number of hydrogen-bond donors (Lipinski definition) is 1. The van der Waals surface area contributed by atoms with Crippen molar-refractivity contribution in [3.63, 3.8) is 0 Å². The SMILES string of the molecule is Cc1cc(NC2CCCN(c3cnc4cc(Cl)ccc4n3)C2)ncn1. The van der Waals surface area contributed by atoms with Gasteiger partial charge in [0.25, 0.3) is 0 Å². The zero-order valence-electron chi connectivity index (χ0n) is 14.0. The molecule has 1 aliphatic rings. The molecule has 0 bridgehead atoms. The third kappa shape index (κ3) is 3.64. The van der Waals surface area contributed by atoms with Crippen LogP contribution < -0.4 is 10.2 Å². The number of aryl methyl sites for hydroxylation is 1. The van der Waals surface area contributed by atoms with E-state index in [1.54, 1.807) is 6.33 Å². The van der Waals surface area contributed by atoms with Gasteiger partial charge in [-0.1, -0.05) is 11.6 Å². The molecule has 0 radical (unpaired) electrons. The molecule has 1 fully saturated rings. The number of piperidine rings is 1. The smallest absolute Gasteiger partial charge is 0.147 e. The van der Waals surface area contributed by atoms with Crippen LogP contribution in [0, 0.1) is 6.92 Å². The topological polar surface area (TPSA) is 66.8 Å². The lowest BCUT2D eigenvalue weighted by Crippen LogP contribution is -2.42. The highest BCUT2D eigenvalue weighted by atomic mass is 35.5. The molecule has 4 rings (SSSR count). The van der Waals surface area contributed by atoms with Gasteiger partial charge >= 0.3 is 0 Å². The van der Waals surface area contributed by atoms with E-state index in [2.05, 4.69) is 25.2 Å². The van der Waals surface area contributed by atoms with Gasteiger partial charge in [0.05, 0.1) is 17.2 Å². The zero-order valence-corrected chi connectivity index (χ0v) is 14.7. The molecule has 6 nitrogen and oxygen atoms in total. The standard InChI is InChI=1S/C18H19ClN6/c1-12-7-17(22-11-21-12)23-14-3-2-6-25(10-14)18-9-20-16-8-13(19)4-5-15(16)24-18/h4-5,7-9,11,14H,2-3,6,10H2,1H3,(H,21,22,23). The van der Waals surface area contributed by atoms with E-state index in [1.165, 1.54) is 0 Å². The normalized spacial score (nSPS) is 17.7. The molecular formula is C18H19ClN6. The highest BCUT2D eigenvalue weighted by molar-refractivity contribution is 6.31. The fraction of sp³-hybridized carbons (Fsp3) is 0.333. The summed E-state index contributed by atoms with van der Waals surface area (Å²) in [6, 6.07) is 7.90. The molecule has 1 aliphatic heterocycles. The van der Waals surface area contributed by atoms with Crippen molar-refractivity contribution in [3.8, 4) is 0 Å². The lowest BCUT2D eigenvalue weighted by Gasteiger charge is -2.34. The van der Waals surface area contributed by atoms with Crippen LogP contribution in [-0.4, -0.2) is 39.1 Å². The minimum Gasteiger partial charge on any atom is -0.365 e. The molecule has 1 aromatic carbocycles. The second kappa shape index (κ2) is 6.80. The van der Waals surface area contributed by atoms with Crippen molar-refractivity contribution >= 4 is 34.3 Å². The Bertz CT molecular complexity index is 900. The predicted octanol–water partition coefficient (Wildman–Crippen LogP) is 3.46. The molecule has 0 aliphatic carbocycles. The maximum absolute atomic E-state index is 6.02. The number of nitrogens with one attached hydrogen (secondary N) is 1. The monoisotopic (exact) mass is 354 g/mol. The molecule has 0 spiro atoms. The Labute approximate surface area is 151 Å². The van der Waals surface area contributed by atoms with Gasteiger partial charge in [0.1, 0.15) is 18.0 Å². The van der Waals surface area contributed by atoms with Gasteiger partial charge in [-0.3, -0.25) is 4.98 Å². The first-order valence-corrected chi connectivity index (χ1v) is 8.77. The van der Waals surface area contributed by atoms with Crippen molar-refractivity contribution < 1.29 is 0 Å². The first-order valence-electron chi connectivity index (χ1n) is 8.40. The summed E-state index contributed by atoms with van der Waals surface area (Å²) in [5.74, 6) is 1.78. The van der Waals surface area contributed by atoms with E-state index in [0.29, 0.717) is 11.1 Å². The number of fused-ring (bicyclic) bond motifs is 1. The van der Waals surface area contributed by atoms with Gasteiger partial charge in [-0.05, 0) is 38.0 Å². The van der Waals surface area contributed by atoms with E-state index in [-0.39, 0.29) is 0 Å². The minimum atomic E-state index is 0.325. The van der Waals surface area contributed by atoms with Crippen molar-refractivity contribution in [1.82, 2.24) is 19.9 Å². The van der Waals surface area contributed by atoms with Crippen molar-refractivity contribution in [2.24, 2.45) is 0 Å². The first kappa shape index (κ1) is 16.0. The van der Waals surface area contributed by atoms with E-state index in [1.807, 2.05) is 37.4 Å². The summed E-state index contributed by atoms with van der Waals surface area (Å²) < 4.78 is 0. The second-order valence-electron chi connectivity index (χ2n) is 6.34. The second-order valence-corrected chi connectivity index (χ2v) is 6.77. The number of aromatic nitrogens is 4. The maximum atomic E-state index is 6.02. The van der Waals surface area contributed by atoms with Crippen LogP contribution in [0.15, 0.2) is 36.8 Å². The van der Waals surface area contributed by atoms with Gasteiger partial charge in [-0.25, -0.2) is 15.0 Å². The van der Waals surface area contributed by atoms with Crippen molar-refractivity contribution in [1.29, 1.82) is 0 Å². The molecule has 128 valence electrons. The van der Waals surface area contributed by atoms with E-state index in [4.69, 9.17) is 16.6 Å². The average Bonchev–Trinajstić information content (AvgIpc) is 2.61. The summed E-state index contributed by atoms with van der Waals surface area (Å²) in [5.41, 5.74) is 2.65. The first-order chi connectivity index (χ1) is 12.2. The highest BCUT2D eigenvalue weighted by Gasteiger charge is 2.21. The molecular weight excluding hydrogens is 336 g/mol. The summed E-state index contributed by atoms with van der Waals surface area (Å²) in [6.07, 6.45) is 5.63. The van der Waals surface area contributed by atoms with Crippen LogP contribution in [0.25, 0.3) is 11.0 Å². The molecule has 0 amide bonds. The van der Waals surface area contributed by atoms with Gasteiger partial charge in [0.2, 0.25) is 0 Å². The molecule has 7 heteroatoms. The number of anilines is 2. The van der Waals surface area contributed by atoms with E-state index >= 15 is 0 Å². The molecule has 3 heterocycles. The van der Waals surface area contributed by atoms with Crippen LogP contribution in [0.5, 0.6) is 0 Å². The molecule has 1 N–H and O–H groups in total. The third-order valence-corrected chi connectivity index (χ3v) is 4.63. The van der Waals surface area contributed by atoms with Crippen molar-refractivity contribution in [3.05, 3.63) is 47.5 Å². The summed E-state index contributed by atoms with van der Waals surface area (Å²) in [4.78, 5) is 20.0. The number of nitrogens with zero attached hydrogens (tertiary/aromatic N) is 5. The Morgan fingerprint density at radius 1 is 1.16 bits per heavy atom. The summed E-state index contributed by atoms with van der Waals surface area (Å²) in [6.45, 7) is 3.82. The van der Waals surface area contributed by atoms with Crippen LogP contribution in [0.4, 0.5) is 11.6 Å². The lowest BCUT2D eigenvalue weighted by atomic mass is 10.1. The minimum absolute atomic E-state index is 0.325. The van der Waals surface area contributed by atoms with E-state index < -0.39 is 0 Å². The number of benzene rings is 1. The van der Waals surface area contributed by atoms with Crippen LogP contribution in [0.2, 0.25) is 5.02 Å². The molecule has 1 unspecified atom stereocenters. The van der Waals surface area contributed by atoms with Crippen molar-refractivity contribution in [2.45, 2.75) is 25.8 Å². The fourth-order valence-corrected chi connectivity index (χ4v) is 3.34. The quantitative estimate of drug-likeness (QED) is 0.777. The Balaban J connectivity index is 1.51. The van der Waals surface area contributed by atoms with Gasteiger partial charge < -0.3 is 10.2 Å². The zero-order chi connectivity index (χ0) is 17.2. The van der Waals surface area contributed by atoms with Gasteiger partial charge in [0.15, 0.2) is 0 Å². The molecule has 1 atom stereocenters. The Hall–Kier alpha value is -2.47. The van der Waals surface area contributed by atoms with Crippen LogP contribution in [-0.2, 0) is 0 Å². The van der Waals surface area contributed by atoms with Gasteiger partial charge in [-0.2, -0.15) is 0 Å². The highest BCUT2D eigenvalue weighted by Crippen LogP contribution is 2.23. The number of hydrogen-bond acceptors (Lipinski definition) is 6. The van der Waals surface area contributed by atoms with Gasteiger partial charge in [0, 0.05) is 35.9 Å². The largest absolute Gasteiger partial charge is 0.365 e. The molecule has 3 aromatic rings. The Kier molecular flexibility index (Phi) is 4.36. The summed E-state index contributed by atoms with van der Waals surface area (Å²) in [7, 11) is 0. The van der Waals surface area contributed by atoms with Crippen molar-refractivity contribution in [2.75, 3.05) is 23.3 Å². The lowest BCUT2D eigenvalue weighted by molar-refractivity contribution is 0.525. The Morgan fingerprint density at radius 3 is 2.96 bits per heavy atom. The molecule has 2 aromatic heterocycles. The molecule has 25 heavy (non-hydrogen) atoms. The molecule has 0 saturated carbocycles. The van der Waals surface area contributed by atoms with E-state index in [9.17, 15) is 0 Å². The fourth-order valence-electron chi connectivity index (χ4n) is 3.17. The van der Waals surface area contributed by atoms with Crippen LogP contribution in [0.3, 0.4) is 0 Å². The summed E-state index contributed by atoms with van der Waals surface area (Å²) >= 11 is 6.02. The van der Waals surface area contributed by atoms with Gasteiger partial charge in [-0.15, -0.1) is 0 Å². The number of rotatable bonds is 3. The van der Waals surface area contributed by atoms with Crippen LogP contribution in [0.1, 0.15) is 18.5 Å².